The smallest absolute Gasteiger partial charge is 0.258 e. The van der Waals surface area contributed by atoms with Gasteiger partial charge in [-0.15, -0.1) is 0 Å². The highest BCUT2D eigenvalue weighted by atomic mass is 35.5. The van der Waals surface area contributed by atoms with Crippen molar-refractivity contribution in [2.24, 2.45) is 4.99 Å². The molecule has 0 aliphatic heterocycles. The second-order valence-corrected chi connectivity index (χ2v) is 5.88. The Bertz CT molecular complexity index is 857. The predicted molar refractivity (Wildman–Crippen MR) is 101 cm³/mol. The lowest BCUT2D eigenvalue weighted by Crippen LogP contribution is -2.28. The highest BCUT2D eigenvalue weighted by Crippen LogP contribution is 2.17. The molecule has 0 atom stereocenters. The van der Waals surface area contributed by atoms with Crippen molar-refractivity contribution in [2.75, 3.05) is 6.61 Å². The first-order valence-electron chi connectivity index (χ1n) is 8.00. The van der Waals surface area contributed by atoms with Crippen LogP contribution in [0.25, 0.3) is 0 Å². The first-order valence-corrected chi connectivity index (χ1v) is 8.38. The minimum atomic E-state index is -0.213. The summed E-state index contributed by atoms with van der Waals surface area (Å²) in [6.45, 7) is 0.286. The molecule has 0 aliphatic carbocycles. The molecule has 26 heavy (non-hydrogen) atoms. The molecule has 0 radical (unpaired) electrons. The Morgan fingerprint density at radius 3 is 2.58 bits per heavy atom. The van der Waals surface area contributed by atoms with E-state index in [1.165, 1.54) is 0 Å². The van der Waals surface area contributed by atoms with Crippen molar-refractivity contribution in [2.45, 2.75) is 6.54 Å². The fraction of sp³-hybridized carbons (Fsp3) is 0.100. The molecule has 0 saturated heterocycles. The molecule has 3 rings (SSSR count). The molecule has 3 aromatic rings. The number of hydrogen-bond donors (Lipinski definition) is 1. The van der Waals surface area contributed by atoms with E-state index in [1.54, 1.807) is 48.9 Å². The second-order valence-electron chi connectivity index (χ2n) is 5.45. The van der Waals surface area contributed by atoms with Gasteiger partial charge in [0.2, 0.25) is 0 Å². The summed E-state index contributed by atoms with van der Waals surface area (Å²) in [7, 11) is 0. The summed E-state index contributed by atoms with van der Waals surface area (Å²) in [6, 6.07) is 18.2. The van der Waals surface area contributed by atoms with E-state index in [0.717, 1.165) is 11.3 Å². The van der Waals surface area contributed by atoms with Crippen LogP contribution in [-0.4, -0.2) is 18.7 Å². The molecule has 6 heteroatoms. The number of rotatable bonds is 7. The summed E-state index contributed by atoms with van der Waals surface area (Å²) >= 11 is 5.84. The largest absolute Gasteiger partial charge is 0.484 e. The third-order valence-electron chi connectivity index (χ3n) is 3.48. The van der Waals surface area contributed by atoms with Gasteiger partial charge in [0.05, 0.1) is 18.5 Å². The van der Waals surface area contributed by atoms with Crippen LogP contribution in [0.5, 0.6) is 5.75 Å². The van der Waals surface area contributed by atoms with E-state index in [0.29, 0.717) is 23.1 Å². The molecule has 0 fully saturated rings. The highest BCUT2D eigenvalue weighted by molar-refractivity contribution is 6.30. The third-order valence-corrected chi connectivity index (χ3v) is 3.73. The van der Waals surface area contributed by atoms with Crippen molar-refractivity contribution < 1.29 is 13.9 Å². The summed E-state index contributed by atoms with van der Waals surface area (Å²) < 4.78 is 10.6. The molecule has 5 nitrogen and oxygen atoms in total. The molecule has 0 unspecified atom stereocenters. The number of furan rings is 1. The van der Waals surface area contributed by atoms with Crippen LogP contribution in [0.1, 0.15) is 11.3 Å². The molecule has 2 aromatic carbocycles. The van der Waals surface area contributed by atoms with E-state index in [2.05, 4.69) is 10.3 Å². The number of aliphatic imine (C=N–C) groups is 1. The summed E-state index contributed by atoms with van der Waals surface area (Å²) in [5.41, 5.74) is 1.75. The number of ether oxygens (including phenoxy) is 1. The first-order chi connectivity index (χ1) is 12.7. The maximum atomic E-state index is 11.8. The van der Waals surface area contributed by atoms with Crippen LogP contribution in [0, 0.1) is 0 Å². The van der Waals surface area contributed by atoms with Gasteiger partial charge in [-0.05, 0) is 66.2 Å². The molecule has 0 bridgehead atoms. The lowest BCUT2D eigenvalue weighted by molar-refractivity contribution is -0.123. The van der Waals surface area contributed by atoms with E-state index in [9.17, 15) is 4.79 Å². The Morgan fingerprint density at radius 2 is 1.88 bits per heavy atom. The van der Waals surface area contributed by atoms with Crippen LogP contribution in [0.3, 0.4) is 0 Å². The van der Waals surface area contributed by atoms with Gasteiger partial charge in [0.25, 0.3) is 5.91 Å². The maximum absolute atomic E-state index is 11.8. The van der Waals surface area contributed by atoms with Gasteiger partial charge in [0.15, 0.2) is 6.61 Å². The Morgan fingerprint density at radius 1 is 1.12 bits per heavy atom. The molecule has 132 valence electrons. The number of halogens is 1. The minimum Gasteiger partial charge on any atom is -0.484 e. The molecule has 0 saturated carbocycles. The standard InChI is InChI=1S/C20H17ClN2O3/c21-16-5-7-17(8-6-16)22-12-15-3-9-18(10-4-15)26-14-20(24)23-13-19-2-1-11-25-19/h1-12H,13-14H2,(H,23,24). The fourth-order valence-corrected chi connectivity index (χ4v) is 2.25. The van der Waals surface area contributed by atoms with Crippen molar-refractivity contribution in [3.8, 4) is 5.75 Å². The zero-order valence-electron chi connectivity index (χ0n) is 13.9. The number of carbonyl (C=O) groups is 1. The van der Waals surface area contributed by atoms with Crippen molar-refractivity contribution >= 4 is 29.4 Å². The van der Waals surface area contributed by atoms with Gasteiger partial charge in [-0.25, -0.2) is 0 Å². The summed E-state index contributed by atoms with van der Waals surface area (Å²) in [5.74, 6) is 1.10. The molecular weight excluding hydrogens is 352 g/mol. The summed E-state index contributed by atoms with van der Waals surface area (Å²) in [4.78, 5) is 16.1. The zero-order chi connectivity index (χ0) is 18.2. The Balaban J connectivity index is 1.46. The third kappa shape index (κ3) is 5.50. The van der Waals surface area contributed by atoms with Crippen LogP contribution in [0.4, 0.5) is 5.69 Å². The van der Waals surface area contributed by atoms with Gasteiger partial charge < -0.3 is 14.5 Å². The van der Waals surface area contributed by atoms with Gasteiger partial charge in [-0.3, -0.25) is 9.79 Å². The van der Waals surface area contributed by atoms with Crippen molar-refractivity contribution in [1.82, 2.24) is 5.32 Å². The fourth-order valence-electron chi connectivity index (χ4n) is 2.13. The average Bonchev–Trinajstić information content (AvgIpc) is 3.19. The molecule has 1 heterocycles. The van der Waals surface area contributed by atoms with Crippen molar-refractivity contribution in [3.05, 3.63) is 83.3 Å². The van der Waals surface area contributed by atoms with E-state index in [4.69, 9.17) is 20.8 Å². The van der Waals surface area contributed by atoms with Crippen LogP contribution in [0.15, 0.2) is 76.3 Å². The van der Waals surface area contributed by atoms with E-state index >= 15 is 0 Å². The lowest BCUT2D eigenvalue weighted by Gasteiger charge is -2.06. The molecule has 1 N–H and O–H groups in total. The maximum Gasteiger partial charge on any atom is 0.258 e. The minimum absolute atomic E-state index is 0.0566. The molecule has 1 aromatic heterocycles. The second kappa shape index (κ2) is 8.87. The van der Waals surface area contributed by atoms with Gasteiger partial charge in [-0.2, -0.15) is 0 Å². The van der Waals surface area contributed by atoms with Gasteiger partial charge in [0.1, 0.15) is 11.5 Å². The zero-order valence-corrected chi connectivity index (χ0v) is 14.6. The number of hydrogen-bond acceptors (Lipinski definition) is 4. The van der Waals surface area contributed by atoms with E-state index < -0.39 is 0 Å². The number of nitrogens with one attached hydrogen (secondary N) is 1. The number of amides is 1. The molecule has 0 aliphatic rings. The topological polar surface area (TPSA) is 63.8 Å². The van der Waals surface area contributed by atoms with Crippen molar-refractivity contribution in [3.63, 3.8) is 0 Å². The Kier molecular flexibility index (Phi) is 6.06. The molecular formula is C20H17ClN2O3. The van der Waals surface area contributed by atoms with E-state index in [-0.39, 0.29) is 12.5 Å². The van der Waals surface area contributed by atoms with Crippen LogP contribution < -0.4 is 10.1 Å². The van der Waals surface area contributed by atoms with Crippen LogP contribution >= 0.6 is 11.6 Å². The average molecular weight is 369 g/mol. The predicted octanol–water partition coefficient (Wildman–Crippen LogP) is 4.38. The van der Waals surface area contributed by atoms with Gasteiger partial charge in [0, 0.05) is 11.2 Å². The Hall–Kier alpha value is -3.05. The number of benzene rings is 2. The normalized spacial score (nSPS) is 10.8. The first kappa shape index (κ1) is 17.8. The highest BCUT2D eigenvalue weighted by Gasteiger charge is 2.04. The van der Waals surface area contributed by atoms with Crippen LogP contribution in [-0.2, 0) is 11.3 Å². The Labute approximate surface area is 156 Å². The van der Waals surface area contributed by atoms with Gasteiger partial charge >= 0.3 is 0 Å². The monoisotopic (exact) mass is 368 g/mol. The van der Waals surface area contributed by atoms with Crippen molar-refractivity contribution in [1.29, 1.82) is 0 Å². The van der Waals surface area contributed by atoms with Gasteiger partial charge in [-0.1, -0.05) is 11.6 Å². The number of carbonyl (C=O) groups excluding carboxylic acids is 1. The summed E-state index contributed by atoms with van der Waals surface area (Å²) in [5, 5.41) is 3.40. The molecule has 1 amide bonds. The lowest BCUT2D eigenvalue weighted by atomic mass is 10.2. The summed E-state index contributed by atoms with van der Waals surface area (Å²) in [6.07, 6.45) is 3.32. The number of nitrogens with zero attached hydrogens (tertiary/aromatic N) is 1. The van der Waals surface area contributed by atoms with E-state index in [1.807, 2.05) is 24.3 Å². The van der Waals surface area contributed by atoms with Crippen LogP contribution in [0.2, 0.25) is 5.02 Å². The molecule has 0 spiro atoms. The SMILES string of the molecule is O=C(COc1ccc(C=Nc2ccc(Cl)cc2)cc1)NCc1ccco1. The quantitative estimate of drug-likeness (QED) is 0.629.